The first-order valence-electron chi connectivity index (χ1n) is 13.9. The number of ether oxygens (including phenoxy) is 3. The number of nitrogens with zero attached hydrogens (tertiary/aromatic N) is 2. The second kappa shape index (κ2) is 14.4. The molecule has 3 aromatic carbocycles. The van der Waals surface area contributed by atoms with E-state index in [-0.39, 0.29) is 24.0 Å². The molecule has 3 amide bonds. The minimum absolute atomic E-state index is 0.0215. The molecule has 0 radical (unpaired) electrons. The van der Waals surface area contributed by atoms with Crippen LogP contribution in [0.1, 0.15) is 29.8 Å². The Balaban J connectivity index is 1.60. The van der Waals surface area contributed by atoms with Crippen LogP contribution in [0, 0.1) is 5.92 Å². The number of rotatable bonds is 6. The molecule has 0 unspecified atom stereocenters. The highest BCUT2D eigenvalue weighted by Gasteiger charge is 2.29. The molecule has 1 aliphatic rings. The van der Waals surface area contributed by atoms with Gasteiger partial charge in [-0.3, -0.25) is 9.69 Å². The zero-order chi connectivity index (χ0) is 30.2. The normalized spacial score (nSPS) is 20.0. The molecule has 10 heteroatoms. The van der Waals surface area contributed by atoms with Crippen LogP contribution in [-0.2, 0) is 11.3 Å². The van der Waals surface area contributed by atoms with Crippen molar-refractivity contribution in [3.05, 3.63) is 82.9 Å². The van der Waals surface area contributed by atoms with Crippen molar-refractivity contribution < 1.29 is 23.8 Å². The van der Waals surface area contributed by atoms with Gasteiger partial charge in [0.2, 0.25) is 0 Å². The molecule has 1 heterocycles. The predicted octanol–water partition coefficient (Wildman–Crippen LogP) is 6.00. The molecule has 0 aliphatic carbocycles. The van der Waals surface area contributed by atoms with E-state index in [4.69, 9.17) is 25.8 Å². The van der Waals surface area contributed by atoms with Gasteiger partial charge in [0.1, 0.15) is 18.1 Å². The first-order valence-corrected chi connectivity index (χ1v) is 14.3. The van der Waals surface area contributed by atoms with E-state index in [1.165, 1.54) is 0 Å². The smallest absolute Gasteiger partial charge is 0.323 e. The Hall–Kier alpha value is -3.79. The van der Waals surface area contributed by atoms with Crippen LogP contribution in [-0.4, -0.2) is 74.8 Å². The molecule has 0 saturated heterocycles. The van der Waals surface area contributed by atoms with Gasteiger partial charge >= 0.3 is 6.03 Å². The average molecular weight is 595 g/mol. The van der Waals surface area contributed by atoms with E-state index >= 15 is 0 Å². The summed E-state index contributed by atoms with van der Waals surface area (Å²) in [6.45, 7) is 6.30. The lowest BCUT2D eigenvalue weighted by Gasteiger charge is -2.36. The number of likely N-dealkylation sites (N-methyl/N-ethyl adjacent to an activating group) is 1. The lowest BCUT2D eigenvalue weighted by molar-refractivity contribution is 0.00922. The molecule has 0 aromatic heterocycles. The highest BCUT2D eigenvalue weighted by Crippen LogP contribution is 2.28. The van der Waals surface area contributed by atoms with E-state index in [0.717, 1.165) is 5.56 Å². The van der Waals surface area contributed by atoms with Crippen molar-refractivity contribution in [3.63, 3.8) is 0 Å². The Morgan fingerprint density at radius 3 is 2.50 bits per heavy atom. The number of carbonyl (C=O) groups is 2. The van der Waals surface area contributed by atoms with Crippen LogP contribution in [0.2, 0.25) is 5.02 Å². The van der Waals surface area contributed by atoms with Crippen molar-refractivity contribution in [3.8, 4) is 11.5 Å². The molecule has 42 heavy (non-hydrogen) atoms. The summed E-state index contributed by atoms with van der Waals surface area (Å²) in [6, 6.07) is 19.5. The van der Waals surface area contributed by atoms with Gasteiger partial charge in [0.25, 0.3) is 5.91 Å². The van der Waals surface area contributed by atoms with Crippen molar-refractivity contribution >= 4 is 34.9 Å². The van der Waals surface area contributed by atoms with Crippen LogP contribution in [0.4, 0.5) is 16.2 Å². The van der Waals surface area contributed by atoms with Crippen LogP contribution in [0.15, 0.2) is 66.7 Å². The SMILES string of the molecule is COc1ccccc1NC(=O)Nc1ccc2c(c1)OC[C@@H](C)N(Cc1ccccc1Cl)C[C@@H](C)[C@H](OC)CN(C)C2=O. The molecule has 3 atom stereocenters. The number of urea groups is 1. The van der Waals surface area contributed by atoms with E-state index in [1.807, 2.05) is 30.3 Å². The van der Waals surface area contributed by atoms with Crippen LogP contribution in [0.3, 0.4) is 0 Å². The molecule has 1 aliphatic heterocycles. The number of carbonyl (C=O) groups excluding carboxylic acids is 2. The third-order valence-electron chi connectivity index (χ3n) is 7.52. The highest BCUT2D eigenvalue weighted by atomic mass is 35.5. The van der Waals surface area contributed by atoms with Crippen LogP contribution < -0.4 is 20.1 Å². The molecule has 4 rings (SSSR count). The summed E-state index contributed by atoms with van der Waals surface area (Å²) in [5.41, 5.74) is 2.44. The maximum Gasteiger partial charge on any atom is 0.323 e. The topological polar surface area (TPSA) is 92.4 Å². The fourth-order valence-corrected chi connectivity index (χ4v) is 5.22. The largest absolute Gasteiger partial charge is 0.495 e. The number of hydrogen-bond acceptors (Lipinski definition) is 6. The van der Waals surface area contributed by atoms with Crippen LogP contribution in [0.5, 0.6) is 11.5 Å². The number of amides is 3. The molecule has 2 N–H and O–H groups in total. The molecule has 0 fully saturated rings. The fraction of sp³-hybridized carbons (Fsp3) is 0.375. The van der Waals surface area contributed by atoms with Gasteiger partial charge in [0, 0.05) is 56.6 Å². The number of nitrogens with one attached hydrogen (secondary N) is 2. The number of benzene rings is 3. The van der Waals surface area contributed by atoms with E-state index in [2.05, 4.69) is 29.4 Å². The molecule has 0 spiro atoms. The minimum Gasteiger partial charge on any atom is -0.495 e. The van der Waals surface area contributed by atoms with Crippen LogP contribution >= 0.6 is 11.6 Å². The monoisotopic (exact) mass is 594 g/mol. The molecule has 224 valence electrons. The summed E-state index contributed by atoms with van der Waals surface area (Å²) in [4.78, 5) is 30.3. The fourth-order valence-electron chi connectivity index (χ4n) is 5.02. The zero-order valence-electron chi connectivity index (χ0n) is 24.7. The number of hydrogen-bond donors (Lipinski definition) is 2. The summed E-state index contributed by atoms with van der Waals surface area (Å²) in [6.07, 6.45) is -0.177. The van der Waals surface area contributed by atoms with E-state index in [0.29, 0.717) is 59.7 Å². The number of methoxy groups -OCH3 is 2. The first kappa shape index (κ1) is 31.2. The molecular weight excluding hydrogens is 556 g/mol. The van der Waals surface area contributed by atoms with E-state index < -0.39 is 6.03 Å². The Kier molecular flexibility index (Phi) is 10.7. The molecule has 0 bridgehead atoms. The number of fused-ring (bicyclic) bond motifs is 1. The van der Waals surface area contributed by atoms with Crippen LogP contribution in [0.25, 0.3) is 0 Å². The average Bonchev–Trinajstić information content (AvgIpc) is 2.98. The van der Waals surface area contributed by atoms with Crippen molar-refractivity contribution in [1.29, 1.82) is 0 Å². The van der Waals surface area contributed by atoms with Gasteiger partial charge in [0.15, 0.2) is 0 Å². The zero-order valence-corrected chi connectivity index (χ0v) is 25.5. The van der Waals surface area contributed by atoms with Gasteiger partial charge in [-0.2, -0.15) is 0 Å². The van der Waals surface area contributed by atoms with Gasteiger partial charge in [-0.15, -0.1) is 0 Å². The van der Waals surface area contributed by atoms with E-state index in [1.54, 1.807) is 62.6 Å². The van der Waals surface area contributed by atoms with Gasteiger partial charge in [0.05, 0.1) is 24.5 Å². The summed E-state index contributed by atoms with van der Waals surface area (Å²) in [7, 11) is 4.98. The molecule has 3 aromatic rings. The highest BCUT2D eigenvalue weighted by molar-refractivity contribution is 6.31. The van der Waals surface area contributed by atoms with Gasteiger partial charge in [-0.05, 0) is 48.7 Å². The lowest BCUT2D eigenvalue weighted by atomic mass is 10.0. The van der Waals surface area contributed by atoms with Crippen molar-refractivity contribution in [2.45, 2.75) is 32.5 Å². The standard InChI is InChI=1S/C32H39ClN4O5/c1-21-17-37(18-23-10-6-7-11-26(23)33)22(2)20-42-29-16-24(14-15-25(29)31(38)36(3)19-30(21)41-5)34-32(39)35-27-12-8-9-13-28(27)40-4/h6-16,21-22,30H,17-20H2,1-5H3,(H2,34,35,39)/t21-,22-,30-/m1/s1. The summed E-state index contributed by atoms with van der Waals surface area (Å²) < 4.78 is 17.5. The lowest BCUT2D eigenvalue weighted by Crippen LogP contribution is -2.46. The number of halogens is 1. The van der Waals surface area contributed by atoms with Crippen molar-refractivity contribution in [2.24, 2.45) is 5.92 Å². The summed E-state index contributed by atoms with van der Waals surface area (Å²) in [5, 5.41) is 6.34. The maximum absolute atomic E-state index is 13.5. The number of anilines is 2. The second-order valence-corrected chi connectivity index (χ2v) is 11.0. The van der Waals surface area contributed by atoms with Crippen molar-refractivity contribution in [1.82, 2.24) is 9.80 Å². The number of para-hydroxylation sites is 2. The van der Waals surface area contributed by atoms with Gasteiger partial charge in [-0.1, -0.05) is 48.9 Å². The minimum atomic E-state index is -0.452. The maximum atomic E-state index is 13.5. The van der Waals surface area contributed by atoms with Gasteiger partial charge < -0.3 is 29.7 Å². The van der Waals surface area contributed by atoms with E-state index in [9.17, 15) is 9.59 Å². The Bertz CT molecular complexity index is 1390. The van der Waals surface area contributed by atoms with Crippen molar-refractivity contribution in [2.75, 3.05) is 51.6 Å². The Morgan fingerprint density at radius 2 is 1.76 bits per heavy atom. The third kappa shape index (κ3) is 7.73. The second-order valence-electron chi connectivity index (χ2n) is 10.6. The molecular formula is C32H39ClN4O5. The summed E-state index contributed by atoms with van der Waals surface area (Å²) in [5.74, 6) is 0.864. The summed E-state index contributed by atoms with van der Waals surface area (Å²) >= 11 is 6.52. The first-order chi connectivity index (χ1) is 20.2. The molecule has 9 nitrogen and oxygen atoms in total. The molecule has 0 saturated carbocycles. The third-order valence-corrected chi connectivity index (χ3v) is 7.89. The Labute approximate surface area is 252 Å². The quantitative estimate of drug-likeness (QED) is 0.364. The Morgan fingerprint density at radius 1 is 1.02 bits per heavy atom. The predicted molar refractivity (Wildman–Crippen MR) is 166 cm³/mol. The van der Waals surface area contributed by atoms with Gasteiger partial charge in [-0.25, -0.2) is 4.79 Å².